The second kappa shape index (κ2) is 9.54. The van der Waals surface area contributed by atoms with Crippen LogP contribution in [0.2, 0.25) is 0 Å². The molecule has 128 valence electrons. The Labute approximate surface area is 136 Å². The van der Waals surface area contributed by atoms with Crippen LogP contribution in [0.25, 0.3) is 0 Å². The molecule has 0 radical (unpaired) electrons. The van der Waals surface area contributed by atoms with Gasteiger partial charge in [-0.25, -0.2) is 0 Å². The molecule has 22 heavy (non-hydrogen) atoms. The molecule has 0 amide bonds. The summed E-state index contributed by atoms with van der Waals surface area (Å²) in [6.07, 6.45) is 12.7. The lowest BCUT2D eigenvalue weighted by Gasteiger charge is -2.31. The van der Waals surface area contributed by atoms with Crippen LogP contribution in [0.15, 0.2) is 0 Å². The van der Waals surface area contributed by atoms with Gasteiger partial charge < -0.3 is 9.47 Å². The minimum absolute atomic E-state index is 0.0620. The smallest absolute Gasteiger partial charge is 0.309 e. The van der Waals surface area contributed by atoms with E-state index < -0.39 is 0 Å². The second-order valence-corrected chi connectivity index (χ2v) is 7.19. The normalized spacial score (nSPS) is 32.6. The molecule has 0 aliphatic heterocycles. The zero-order valence-electron chi connectivity index (χ0n) is 14.5. The van der Waals surface area contributed by atoms with Crippen molar-refractivity contribution >= 4 is 5.97 Å². The van der Waals surface area contributed by atoms with Crippen LogP contribution in [0.4, 0.5) is 0 Å². The van der Waals surface area contributed by atoms with Gasteiger partial charge in [0.1, 0.15) is 6.10 Å². The standard InChI is InChI=1S/C19H34O3/c1-3-5-14-21-17-12-8-16(9-13-17)19(20)22-18-10-6-15(4-2)7-11-18/h15-18H,3-14H2,1-2H3. The van der Waals surface area contributed by atoms with Gasteiger partial charge in [-0.15, -0.1) is 0 Å². The molecule has 0 N–H and O–H groups in total. The molecule has 0 saturated heterocycles. The van der Waals surface area contributed by atoms with E-state index in [0.717, 1.165) is 57.5 Å². The summed E-state index contributed by atoms with van der Waals surface area (Å²) in [4.78, 5) is 12.3. The van der Waals surface area contributed by atoms with Crippen molar-refractivity contribution in [2.45, 2.75) is 96.7 Å². The van der Waals surface area contributed by atoms with E-state index in [9.17, 15) is 4.79 Å². The average molecular weight is 310 g/mol. The summed E-state index contributed by atoms with van der Waals surface area (Å²) in [5.74, 6) is 1.03. The fourth-order valence-electron chi connectivity index (χ4n) is 3.78. The molecule has 3 nitrogen and oxygen atoms in total. The summed E-state index contributed by atoms with van der Waals surface area (Å²) in [6, 6.07) is 0. The number of carbonyl (C=O) groups is 1. The van der Waals surface area contributed by atoms with Crippen molar-refractivity contribution in [3.05, 3.63) is 0 Å². The summed E-state index contributed by atoms with van der Waals surface area (Å²) in [5, 5.41) is 0. The molecule has 0 unspecified atom stereocenters. The zero-order chi connectivity index (χ0) is 15.8. The van der Waals surface area contributed by atoms with E-state index in [1.807, 2.05) is 0 Å². The molecule has 0 aromatic rings. The molecule has 0 atom stereocenters. The maximum absolute atomic E-state index is 12.3. The molecule has 0 bridgehead atoms. The van der Waals surface area contributed by atoms with Gasteiger partial charge >= 0.3 is 5.97 Å². The lowest BCUT2D eigenvalue weighted by Crippen LogP contribution is -2.31. The predicted octanol–water partition coefficient (Wildman–Crippen LogP) is 4.87. The van der Waals surface area contributed by atoms with Crippen LogP contribution in [0.5, 0.6) is 0 Å². The van der Waals surface area contributed by atoms with Crippen molar-refractivity contribution in [1.82, 2.24) is 0 Å². The summed E-state index contributed by atoms with van der Waals surface area (Å²) < 4.78 is 11.7. The zero-order valence-corrected chi connectivity index (χ0v) is 14.5. The molecule has 0 spiro atoms. The third-order valence-corrected chi connectivity index (χ3v) is 5.51. The minimum Gasteiger partial charge on any atom is -0.462 e. The number of rotatable bonds is 7. The minimum atomic E-state index is 0.0620. The van der Waals surface area contributed by atoms with Crippen LogP contribution in [0.1, 0.15) is 84.5 Å². The first-order valence-electron chi connectivity index (χ1n) is 9.55. The summed E-state index contributed by atoms with van der Waals surface area (Å²) in [7, 11) is 0. The Balaban J connectivity index is 1.63. The molecule has 0 heterocycles. The molecule has 2 rings (SSSR count). The van der Waals surface area contributed by atoms with Crippen LogP contribution in [-0.2, 0) is 14.3 Å². The van der Waals surface area contributed by atoms with E-state index in [0.29, 0.717) is 6.10 Å². The number of esters is 1. The number of hydrogen-bond acceptors (Lipinski definition) is 3. The maximum atomic E-state index is 12.3. The number of unbranched alkanes of at least 4 members (excludes halogenated alkanes) is 1. The second-order valence-electron chi connectivity index (χ2n) is 7.19. The Hall–Kier alpha value is -0.570. The first kappa shape index (κ1) is 17.8. The fourth-order valence-corrected chi connectivity index (χ4v) is 3.78. The van der Waals surface area contributed by atoms with Gasteiger partial charge in [-0.2, -0.15) is 0 Å². The summed E-state index contributed by atoms with van der Waals surface area (Å²) >= 11 is 0. The van der Waals surface area contributed by atoms with Gasteiger partial charge in [0.15, 0.2) is 0 Å². The Morgan fingerprint density at radius 1 is 0.909 bits per heavy atom. The van der Waals surface area contributed by atoms with E-state index in [1.165, 1.54) is 25.7 Å². The van der Waals surface area contributed by atoms with Crippen molar-refractivity contribution < 1.29 is 14.3 Å². The first-order valence-corrected chi connectivity index (χ1v) is 9.55. The lowest BCUT2D eigenvalue weighted by molar-refractivity contribution is -0.158. The third kappa shape index (κ3) is 5.57. The van der Waals surface area contributed by atoms with Gasteiger partial charge in [-0.1, -0.05) is 26.7 Å². The van der Waals surface area contributed by atoms with Crippen molar-refractivity contribution in [2.75, 3.05) is 6.61 Å². The van der Waals surface area contributed by atoms with Gasteiger partial charge in [-0.05, 0) is 63.7 Å². The number of carbonyl (C=O) groups excluding carboxylic acids is 1. The molecule has 0 aromatic heterocycles. The van der Waals surface area contributed by atoms with Crippen molar-refractivity contribution in [2.24, 2.45) is 11.8 Å². The average Bonchev–Trinajstić information content (AvgIpc) is 2.56. The Kier molecular flexibility index (Phi) is 7.71. The van der Waals surface area contributed by atoms with Gasteiger partial charge in [0.2, 0.25) is 0 Å². The SMILES string of the molecule is CCCCOC1CCC(C(=O)OC2CCC(CC)CC2)CC1. The Bertz CT molecular complexity index is 313. The van der Waals surface area contributed by atoms with Crippen molar-refractivity contribution in [1.29, 1.82) is 0 Å². The fraction of sp³-hybridized carbons (Fsp3) is 0.947. The largest absolute Gasteiger partial charge is 0.462 e. The highest BCUT2D eigenvalue weighted by atomic mass is 16.5. The van der Waals surface area contributed by atoms with Crippen LogP contribution >= 0.6 is 0 Å². The third-order valence-electron chi connectivity index (χ3n) is 5.51. The van der Waals surface area contributed by atoms with Gasteiger partial charge in [-0.3, -0.25) is 4.79 Å². The van der Waals surface area contributed by atoms with Crippen LogP contribution in [0.3, 0.4) is 0 Å². The van der Waals surface area contributed by atoms with Gasteiger partial charge in [0.25, 0.3) is 0 Å². The van der Waals surface area contributed by atoms with E-state index >= 15 is 0 Å². The molecular formula is C19H34O3. The quantitative estimate of drug-likeness (QED) is 0.497. The predicted molar refractivity (Wildman–Crippen MR) is 88.7 cm³/mol. The van der Waals surface area contributed by atoms with E-state index in [-0.39, 0.29) is 18.0 Å². The topological polar surface area (TPSA) is 35.5 Å². The summed E-state index contributed by atoms with van der Waals surface area (Å²) in [6.45, 7) is 5.32. The first-order chi connectivity index (χ1) is 10.7. The molecular weight excluding hydrogens is 276 g/mol. The van der Waals surface area contributed by atoms with E-state index in [1.54, 1.807) is 0 Å². The molecule has 0 aromatic carbocycles. The molecule has 2 fully saturated rings. The van der Waals surface area contributed by atoms with Crippen molar-refractivity contribution in [3.8, 4) is 0 Å². The molecule has 3 heteroatoms. The molecule has 2 saturated carbocycles. The Morgan fingerprint density at radius 3 is 2.14 bits per heavy atom. The number of hydrogen-bond donors (Lipinski definition) is 0. The Morgan fingerprint density at radius 2 is 1.55 bits per heavy atom. The van der Waals surface area contributed by atoms with Gasteiger partial charge in [0.05, 0.1) is 12.0 Å². The highest BCUT2D eigenvalue weighted by molar-refractivity contribution is 5.72. The molecule has 2 aliphatic carbocycles. The number of ether oxygens (including phenoxy) is 2. The van der Waals surface area contributed by atoms with E-state index in [2.05, 4.69) is 13.8 Å². The van der Waals surface area contributed by atoms with Crippen LogP contribution in [0, 0.1) is 11.8 Å². The van der Waals surface area contributed by atoms with Gasteiger partial charge in [0, 0.05) is 6.61 Å². The lowest BCUT2D eigenvalue weighted by atomic mass is 9.85. The highest BCUT2D eigenvalue weighted by Gasteiger charge is 2.30. The molecule has 2 aliphatic rings. The maximum Gasteiger partial charge on any atom is 0.309 e. The van der Waals surface area contributed by atoms with Crippen LogP contribution in [-0.4, -0.2) is 24.8 Å². The monoisotopic (exact) mass is 310 g/mol. The summed E-state index contributed by atoms with van der Waals surface area (Å²) in [5.41, 5.74) is 0. The van der Waals surface area contributed by atoms with Crippen LogP contribution < -0.4 is 0 Å². The highest BCUT2D eigenvalue weighted by Crippen LogP contribution is 2.31. The van der Waals surface area contributed by atoms with Crippen molar-refractivity contribution in [3.63, 3.8) is 0 Å². The van der Waals surface area contributed by atoms with E-state index in [4.69, 9.17) is 9.47 Å².